The molecular formula is C28H35ClN2O3. The molecule has 2 aromatic rings. The molecule has 1 saturated carbocycles. The Morgan fingerprint density at radius 2 is 1.62 bits per heavy atom. The zero-order valence-corrected chi connectivity index (χ0v) is 20.7. The molecule has 4 aliphatic heterocycles. The van der Waals surface area contributed by atoms with Crippen molar-refractivity contribution < 1.29 is 14.2 Å². The van der Waals surface area contributed by atoms with E-state index in [2.05, 4.69) is 40.1 Å². The van der Waals surface area contributed by atoms with Gasteiger partial charge in [0.1, 0.15) is 12.4 Å². The fraction of sp³-hybridized carbons (Fsp3) is 0.571. The SMILES string of the molecule is Cl.c1ccc2c(c1)N(CCC1CCN(C3CCCC3)CC1)CC21COc2cc3c(cc21)OCO3. The highest BCUT2D eigenvalue weighted by atomic mass is 35.5. The van der Waals surface area contributed by atoms with Crippen LogP contribution in [0.2, 0.25) is 0 Å². The van der Waals surface area contributed by atoms with Crippen LogP contribution in [0, 0.1) is 5.92 Å². The molecule has 0 N–H and O–H groups in total. The molecule has 4 heterocycles. The second-order valence-corrected chi connectivity index (χ2v) is 10.7. The molecule has 1 spiro atoms. The number of piperidine rings is 1. The summed E-state index contributed by atoms with van der Waals surface area (Å²) in [6.07, 6.45) is 9.77. The maximum Gasteiger partial charge on any atom is 0.231 e. The number of rotatable bonds is 4. The molecule has 6 heteroatoms. The summed E-state index contributed by atoms with van der Waals surface area (Å²) >= 11 is 0. The minimum atomic E-state index is -0.112. The van der Waals surface area contributed by atoms with Crippen molar-refractivity contribution in [3.63, 3.8) is 0 Å². The first kappa shape index (κ1) is 22.4. The van der Waals surface area contributed by atoms with Gasteiger partial charge in [-0.05, 0) is 68.8 Å². The predicted molar refractivity (Wildman–Crippen MR) is 136 cm³/mol. The van der Waals surface area contributed by atoms with Gasteiger partial charge >= 0.3 is 0 Å². The Morgan fingerprint density at radius 3 is 2.44 bits per heavy atom. The van der Waals surface area contributed by atoms with E-state index >= 15 is 0 Å². The number of hydrogen-bond donors (Lipinski definition) is 0. The molecule has 5 aliphatic rings. The van der Waals surface area contributed by atoms with Crippen molar-refractivity contribution in [1.29, 1.82) is 0 Å². The Balaban J connectivity index is 0.00000217. The maximum absolute atomic E-state index is 6.25. The first-order chi connectivity index (χ1) is 16.3. The molecule has 7 rings (SSSR count). The highest BCUT2D eigenvalue weighted by Gasteiger charge is 2.50. The second kappa shape index (κ2) is 8.83. The van der Waals surface area contributed by atoms with Gasteiger partial charge in [0.2, 0.25) is 6.79 Å². The van der Waals surface area contributed by atoms with E-state index in [1.165, 1.54) is 74.8 Å². The van der Waals surface area contributed by atoms with E-state index in [1.54, 1.807) is 0 Å². The summed E-state index contributed by atoms with van der Waals surface area (Å²) in [5, 5.41) is 0. The molecule has 1 atom stereocenters. The van der Waals surface area contributed by atoms with Crippen LogP contribution in [0.15, 0.2) is 36.4 Å². The summed E-state index contributed by atoms with van der Waals surface area (Å²) in [4.78, 5) is 5.42. The lowest BCUT2D eigenvalue weighted by molar-refractivity contribution is 0.131. The molecule has 2 fully saturated rings. The van der Waals surface area contributed by atoms with E-state index < -0.39 is 0 Å². The number of para-hydroxylation sites is 1. The summed E-state index contributed by atoms with van der Waals surface area (Å²) in [6, 6.07) is 14.0. The molecule has 1 aliphatic carbocycles. The number of ether oxygens (including phenoxy) is 3. The Labute approximate surface area is 208 Å². The van der Waals surface area contributed by atoms with Gasteiger partial charge in [-0.2, -0.15) is 0 Å². The molecule has 182 valence electrons. The molecular weight excluding hydrogens is 448 g/mol. The van der Waals surface area contributed by atoms with Crippen molar-refractivity contribution in [3.8, 4) is 17.2 Å². The normalized spacial score (nSPS) is 25.9. The topological polar surface area (TPSA) is 34.2 Å². The number of fused-ring (bicyclic) bond motifs is 5. The van der Waals surface area contributed by atoms with Crippen LogP contribution in [0.3, 0.4) is 0 Å². The number of nitrogens with zero attached hydrogens (tertiary/aromatic N) is 2. The first-order valence-electron chi connectivity index (χ1n) is 13.0. The van der Waals surface area contributed by atoms with Crippen LogP contribution in [-0.4, -0.2) is 50.5 Å². The number of hydrogen-bond acceptors (Lipinski definition) is 5. The standard InChI is InChI=1S/C28H34N2O3.ClH/c1-2-6-21(5-1)29-12-9-20(10-13-29)11-14-30-17-28(22-7-3-4-8-24(22)30)18-31-25-16-27-26(15-23(25)28)32-19-33-27;/h3-4,7-8,15-16,20-21H,1-2,5-6,9-14,17-19H2;1H. The van der Waals surface area contributed by atoms with E-state index in [-0.39, 0.29) is 17.8 Å². The van der Waals surface area contributed by atoms with Crippen LogP contribution < -0.4 is 19.1 Å². The summed E-state index contributed by atoms with van der Waals surface area (Å²) < 4.78 is 17.6. The van der Waals surface area contributed by atoms with Crippen LogP contribution in [0.4, 0.5) is 5.69 Å². The first-order valence-corrected chi connectivity index (χ1v) is 13.0. The van der Waals surface area contributed by atoms with Gasteiger partial charge in [0.25, 0.3) is 0 Å². The van der Waals surface area contributed by atoms with Gasteiger partial charge in [-0.15, -0.1) is 12.4 Å². The fourth-order valence-corrected chi connectivity index (χ4v) is 7.11. The monoisotopic (exact) mass is 482 g/mol. The highest BCUT2D eigenvalue weighted by Crippen LogP contribution is 2.54. The smallest absolute Gasteiger partial charge is 0.231 e. The molecule has 1 unspecified atom stereocenters. The van der Waals surface area contributed by atoms with E-state index in [0.717, 1.165) is 42.3 Å². The lowest BCUT2D eigenvalue weighted by Crippen LogP contribution is -2.41. The molecule has 2 aromatic carbocycles. The molecule has 0 amide bonds. The molecule has 5 nitrogen and oxygen atoms in total. The van der Waals surface area contributed by atoms with E-state index in [0.29, 0.717) is 13.4 Å². The molecule has 0 aromatic heterocycles. The lowest BCUT2D eigenvalue weighted by atomic mass is 9.77. The zero-order chi connectivity index (χ0) is 21.8. The maximum atomic E-state index is 6.25. The van der Waals surface area contributed by atoms with Gasteiger partial charge in [-0.1, -0.05) is 31.0 Å². The summed E-state index contributed by atoms with van der Waals surface area (Å²) in [6.45, 7) is 5.73. The number of anilines is 1. The van der Waals surface area contributed by atoms with Crippen molar-refractivity contribution in [2.75, 3.05) is 44.5 Å². The molecule has 1 saturated heterocycles. The van der Waals surface area contributed by atoms with Gasteiger partial charge < -0.3 is 24.0 Å². The van der Waals surface area contributed by atoms with Crippen LogP contribution in [0.1, 0.15) is 56.1 Å². The van der Waals surface area contributed by atoms with Crippen LogP contribution in [0.5, 0.6) is 17.2 Å². The van der Waals surface area contributed by atoms with Crippen molar-refractivity contribution in [1.82, 2.24) is 4.90 Å². The highest BCUT2D eigenvalue weighted by molar-refractivity contribution is 5.85. The second-order valence-electron chi connectivity index (χ2n) is 10.7. The van der Waals surface area contributed by atoms with E-state index in [9.17, 15) is 0 Å². The Bertz CT molecular complexity index is 1050. The molecule has 0 radical (unpaired) electrons. The van der Waals surface area contributed by atoms with Crippen LogP contribution >= 0.6 is 12.4 Å². The third-order valence-corrected chi connectivity index (χ3v) is 8.98. The minimum absolute atomic E-state index is 0. The minimum Gasteiger partial charge on any atom is -0.492 e. The van der Waals surface area contributed by atoms with Gasteiger partial charge in [-0.3, -0.25) is 0 Å². The Hall–Kier alpha value is -2.11. The zero-order valence-electron chi connectivity index (χ0n) is 19.8. The third-order valence-electron chi connectivity index (χ3n) is 8.98. The van der Waals surface area contributed by atoms with Gasteiger partial charge in [0.15, 0.2) is 11.5 Å². The summed E-state index contributed by atoms with van der Waals surface area (Å²) in [5.74, 6) is 3.46. The average molecular weight is 483 g/mol. The Morgan fingerprint density at radius 1 is 0.853 bits per heavy atom. The van der Waals surface area contributed by atoms with Gasteiger partial charge in [0, 0.05) is 36.4 Å². The number of likely N-dealkylation sites (tertiary alicyclic amines) is 1. The predicted octanol–water partition coefficient (Wildman–Crippen LogP) is 5.38. The Kier molecular flexibility index (Phi) is 5.81. The van der Waals surface area contributed by atoms with Crippen molar-refractivity contribution in [2.45, 2.75) is 56.4 Å². The van der Waals surface area contributed by atoms with Gasteiger partial charge in [0.05, 0.1) is 5.41 Å². The number of benzene rings is 2. The van der Waals surface area contributed by atoms with E-state index in [1.807, 2.05) is 6.07 Å². The third kappa shape index (κ3) is 3.54. The lowest BCUT2D eigenvalue weighted by Gasteiger charge is -2.36. The summed E-state index contributed by atoms with van der Waals surface area (Å²) in [5.41, 5.74) is 3.93. The summed E-state index contributed by atoms with van der Waals surface area (Å²) in [7, 11) is 0. The van der Waals surface area contributed by atoms with Crippen molar-refractivity contribution in [2.24, 2.45) is 5.92 Å². The molecule has 34 heavy (non-hydrogen) atoms. The van der Waals surface area contributed by atoms with Crippen LogP contribution in [-0.2, 0) is 5.41 Å². The number of halogens is 1. The van der Waals surface area contributed by atoms with Crippen molar-refractivity contribution >= 4 is 18.1 Å². The van der Waals surface area contributed by atoms with Crippen molar-refractivity contribution in [3.05, 3.63) is 47.5 Å². The quantitative estimate of drug-likeness (QED) is 0.584. The largest absolute Gasteiger partial charge is 0.492 e. The average Bonchev–Trinajstić information content (AvgIpc) is 3.65. The molecule has 0 bridgehead atoms. The van der Waals surface area contributed by atoms with E-state index in [4.69, 9.17) is 14.2 Å². The fourth-order valence-electron chi connectivity index (χ4n) is 7.11. The van der Waals surface area contributed by atoms with Gasteiger partial charge in [-0.25, -0.2) is 0 Å². The van der Waals surface area contributed by atoms with Crippen LogP contribution in [0.25, 0.3) is 0 Å².